The largest absolute Gasteiger partial charge is 0.358 e. The Bertz CT molecular complexity index is 317. The molecule has 1 aromatic rings. The van der Waals surface area contributed by atoms with E-state index in [1.54, 1.807) is 0 Å². The zero-order valence-corrected chi connectivity index (χ0v) is 12.3. The van der Waals surface area contributed by atoms with Crippen molar-refractivity contribution in [1.29, 1.82) is 0 Å². The molecule has 92 valence electrons. The molecule has 1 aromatic heterocycles. The molecule has 0 aliphatic heterocycles. The van der Waals surface area contributed by atoms with E-state index in [2.05, 4.69) is 48.6 Å². The lowest BCUT2D eigenvalue weighted by atomic mass is 9.96. The van der Waals surface area contributed by atoms with E-state index in [-0.39, 0.29) is 5.41 Å². The second-order valence-corrected chi connectivity index (χ2v) is 6.74. The van der Waals surface area contributed by atoms with Crippen molar-refractivity contribution in [3.05, 3.63) is 5.82 Å². The van der Waals surface area contributed by atoms with Gasteiger partial charge < -0.3 is 5.32 Å². The Hall–Kier alpha value is -0.290. The molecule has 0 saturated carbocycles. The van der Waals surface area contributed by atoms with E-state index in [1.165, 1.54) is 17.3 Å². The van der Waals surface area contributed by atoms with Crippen LogP contribution in [0.25, 0.3) is 0 Å². The molecular formula is C11H21N3S2. The summed E-state index contributed by atoms with van der Waals surface area (Å²) < 4.78 is 4.38. The standard InChI is InChI=1S/C11H21N3S2/c1-8(6-7-15-5)12-10-13-9(14-16-10)11(2,3)4/h8H,6-7H2,1-5H3,(H,12,13,14). The number of nitrogens with one attached hydrogen (secondary N) is 1. The van der Waals surface area contributed by atoms with Gasteiger partial charge in [0.1, 0.15) is 5.82 Å². The lowest BCUT2D eigenvalue weighted by molar-refractivity contribution is 0.555. The zero-order valence-electron chi connectivity index (χ0n) is 10.7. The summed E-state index contributed by atoms with van der Waals surface area (Å²) in [6.07, 6.45) is 3.29. The summed E-state index contributed by atoms with van der Waals surface area (Å²) in [5.41, 5.74) is 0.0406. The summed E-state index contributed by atoms with van der Waals surface area (Å²) in [7, 11) is 0. The summed E-state index contributed by atoms with van der Waals surface area (Å²) in [6.45, 7) is 8.59. The molecule has 0 saturated heterocycles. The maximum atomic E-state index is 4.52. The molecule has 1 unspecified atom stereocenters. The van der Waals surface area contributed by atoms with Crippen molar-refractivity contribution < 1.29 is 0 Å². The van der Waals surface area contributed by atoms with Crippen molar-refractivity contribution >= 4 is 28.4 Å². The minimum Gasteiger partial charge on any atom is -0.358 e. The van der Waals surface area contributed by atoms with E-state index in [0.717, 1.165) is 17.4 Å². The van der Waals surface area contributed by atoms with Crippen LogP contribution in [-0.4, -0.2) is 27.4 Å². The average molecular weight is 259 g/mol. The third kappa shape index (κ3) is 4.29. The number of aromatic nitrogens is 2. The second-order valence-electron chi connectivity index (χ2n) is 5.00. The number of anilines is 1. The number of hydrogen-bond donors (Lipinski definition) is 1. The quantitative estimate of drug-likeness (QED) is 0.879. The van der Waals surface area contributed by atoms with Gasteiger partial charge in [-0.1, -0.05) is 20.8 Å². The number of rotatable bonds is 5. The molecule has 16 heavy (non-hydrogen) atoms. The van der Waals surface area contributed by atoms with Gasteiger partial charge in [-0.3, -0.25) is 0 Å². The first kappa shape index (κ1) is 13.8. The van der Waals surface area contributed by atoms with Crippen molar-refractivity contribution in [3.8, 4) is 0 Å². The molecule has 0 radical (unpaired) electrons. The fraction of sp³-hybridized carbons (Fsp3) is 0.818. The number of nitrogens with zero attached hydrogens (tertiary/aromatic N) is 2. The third-order valence-corrected chi connectivity index (χ3v) is 3.51. The van der Waals surface area contributed by atoms with Crippen LogP contribution in [0.5, 0.6) is 0 Å². The molecule has 1 N–H and O–H groups in total. The third-order valence-electron chi connectivity index (χ3n) is 2.22. The van der Waals surface area contributed by atoms with Crippen LogP contribution in [0.15, 0.2) is 0 Å². The van der Waals surface area contributed by atoms with Gasteiger partial charge >= 0.3 is 0 Å². The van der Waals surface area contributed by atoms with E-state index >= 15 is 0 Å². The molecule has 0 spiro atoms. The molecular weight excluding hydrogens is 238 g/mol. The Kier molecular flexibility index (Phi) is 5.05. The zero-order chi connectivity index (χ0) is 12.2. The van der Waals surface area contributed by atoms with Gasteiger partial charge in [0.15, 0.2) is 0 Å². The van der Waals surface area contributed by atoms with Gasteiger partial charge in [-0.2, -0.15) is 16.1 Å². The van der Waals surface area contributed by atoms with Crippen LogP contribution in [0, 0.1) is 0 Å². The first-order chi connectivity index (χ1) is 7.43. The average Bonchev–Trinajstić information content (AvgIpc) is 2.62. The summed E-state index contributed by atoms with van der Waals surface area (Å²) >= 11 is 3.34. The van der Waals surface area contributed by atoms with E-state index in [4.69, 9.17) is 0 Å². The van der Waals surface area contributed by atoms with Gasteiger partial charge in [-0.05, 0) is 25.4 Å². The van der Waals surface area contributed by atoms with E-state index in [9.17, 15) is 0 Å². The molecule has 1 rings (SSSR count). The predicted octanol–water partition coefficient (Wildman–Crippen LogP) is 3.39. The molecule has 0 aliphatic rings. The van der Waals surface area contributed by atoms with Gasteiger partial charge in [-0.25, -0.2) is 4.98 Å². The molecule has 3 nitrogen and oxygen atoms in total. The van der Waals surface area contributed by atoms with Crippen molar-refractivity contribution in [2.45, 2.75) is 45.6 Å². The van der Waals surface area contributed by atoms with Gasteiger partial charge in [0, 0.05) is 23.0 Å². The monoisotopic (exact) mass is 259 g/mol. The van der Waals surface area contributed by atoms with Crippen molar-refractivity contribution in [2.24, 2.45) is 0 Å². The molecule has 0 fully saturated rings. The van der Waals surface area contributed by atoms with Crippen LogP contribution >= 0.6 is 23.3 Å². The topological polar surface area (TPSA) is 37.8 Å². The Morgan fingerprint density at radius 3 is 2.62 bits per heavy atom. The van der Waals surface area contributed by atoms with Crippen LogP contribution in [0.3, 0.4) is 0 Å². The number of thioether (sulfide) groups is 1. The van der Waals surface area contributed by atoms with E-state index in [1.807, 2.05) is 11.8 Å². The molecule has 0 aromatic carbocycles. The van der Waals surface area contributed by atoms with Gasteiger partial charge in [-0.15, -0.1) is 0 Å². The minimum absolute atomic E-state index is 0.0406. The van der Waals surface area contributed by atoms with Crippen molar-refractivity contribution in [2.75, 3.05) is 17.3 Å². The Morgan fingerprint density at radius 1 is 1.44 bits per heavy atom. The molecule has 5 heteroatoms. The van der Waals surface area contributed by atoms with Crippen LogP contribution in [0.1, 0.15) is 39.9 Å². The first-order valence-corrected chi connectivity index (χ1v) is 7.70. The lowest BCUT2D eigenvalue weighted by Crippen LogP contribution is -2.17. The highest BCUT2D eigenvalue weighted by molar-refractivity contribution is 7.98. The lowest BCUT2D eigenvalue weighted by Gasteiger charge is -2.13. The molecule has 0 aliphatic carbocycles. The second kappa shape index (κ2) is 5.87. The Labute approximate surface area is 107 Å². The minimum atomic E-state index is 0.0406. The first-order valence-electron chi connectivity index (χ1n) is 5.53. The Morgan fingerprint density at radius 2 is 2.12 bits per heavy atom. The fourth-order valence-corrected chi connectivity index (χ4v) is 2.62. The van der Waals surface area contributed by atoms with Gasteiger partial charge in [0.05, 0.1) is 0 Å². The molecule has 0 amide bonds. The highest BCUT2D eigenvalue weighted by Gasteiger charge is 2.19. The molecule has 0 bridgehead atoms. The van der Waals surface area contributed by atoms with E-state index < -0.39 is 0 Å². The van der Waals surface area contributed by atoms with Crippen molar-refractivity contribution in [3.63, 3.8) is 0 Å². The summed E-state index contributed by atoms with van der Waals surface area (Å²) in [4.78, 5) is 4.52. The predicted molar refractivity (Wildman–Crippen MR) is 74.7 cm³/mol. The summed E-state index contributed by atoms with van der Waals surface area (Å²) in [5.74, 6) is 2.11. The molecule has 1 atom stereocenters. The van der Waals surface area contributed by atoms with Gasteiger partial charge in [0.25, 0.3) is 0 Å². The normalized spacial score (nSPS) is 13.8. The Balaban J connectivity index is 2.52. The van der Waals surface area contributed by atoms with Crippen LogP contribution in [0.4, 0.5) is 5.13 Å². The molecule has 1 heterocycles. The van der Waals surface area contributed by atoms with Gasteiger partial charge in [0.2, 0.25) is 5.13 Å². The SMILES string of the molecule is CSCCC(C)Nc1nc(C(C)(C)C)ns1. The van der Waals surface area contributed by atoms with Crippen LogP contribution in [-0.2, 0) is 5.41 Å². The number of hydrogen-bond acceptors (Lipinski definition) is 5. The fourth-order valence-electron chi connectivity index (χ4n) is 1.16. The van der Waals surface area contributed by atoms with E-state index in [0.29, 0.717) is 6.04 Å². The van der Waals surface area contributed by atoms with Crippen molar-refractivity contribution in [1.82, 2.24) is 9.36 Å². The highest BCUT2D eigenvalue weighted by atomic mass is 32.2. The van der Waals surface area contributed by atoms with Crippen LogP contribution < -0.4 is 5.32 Å². The van der Waals surface area contributed by atoms with Crippen LogP contribution in [0.2, 0.25) is 0 Å². The summed E-state index contributed by atoms with van der Waals surface area (Å²) in [5, 5.41) is 4.34. The smallest absolute Gasteiger partial charge is 0.202 e. The maximum Gasteiger partial charge on any atom is 0.202 e. The summed E-state index contributed by atoms with van der Waals surface area (Å²) in [6, 6.07) is 0.466. The maximum absolute atomic E-state index is 4.52. The highest BCUT2D eigenvalue weighted by Crippen LogP contribution is 2.23.